The molecule has 162 valence electrons. The summed E-state index contributed by atoms with van der Waals surface area (Å²) in [5.74, 6) is -0.220. The van der Waals surface area contributed by atoms with E-state index in [1.54, 1.807) is 25.4 Å². The number of aryl methyl sites for hydroxylation is 1. The molecule has 0 saturated carbocycles. The Morgan fingerprint density at radius 1 is 1.06 bits per heavy atom. The van der Waals surface area contributed by atoms with Gasteiger partial charge in [-0.3, -0.25) is 5.32 Å². The van der Waals surface area contributed by atoms with Crippen LogP contribution < -0.4 is 10.6 Å². The molecule has 2 aromatic heterocycles. The lowest BCUT2D eigenvalue weighted by Gasteiger charge is -2.13. The van der Waals surface area contributed by atoms with Gasteiger partial charge in [0.05, 0.1) is 17.8 Å². The van der Waals surface area contributed by atoms with Crippen molar-refractivity contribution in [2.75, 3.05) is 25.6 Å². The lowest BCUT2D eigenvalue weighted by molar-refractivity contribution is 0.198. The summed E-state index contributed by atoms with van der Waals surface area (Å²) in [5.41, 5.74) is 4.51. The van der Waals surface area contributed by atoms with E-state index < -0.39 is 6.03 Å². The molecule has 8 nitrogen and oxygen atoms in total. The van der Waals surface area contributed by atoms with Gasteiger partial charge in [-0.2, -0.15) is 0 Å². The van der Waals surface area contributed by atoms with Gasteiger partial charge in [0.2, 0.25) is 5.95 Å². The van der Waals surface area contributed by atoms with Crippen LogP contribution in [0.2, 0.25) is 0 Å². The van der Waals surface area contributed by atoms with Crippen LogP contribution in [0.25, 0.3) is 33.3 Å². The van der Waals surface area contributed by atoms with E-state index in [4.69, 9.17) is 4.74 Å². The number of halogens is 1. The summed E-state index contributed by atoms with van der Waals surface area (Å²) in [6, 6.07) is 11.4. The van der Waals surface area contributed by atoms with E-state index in [9.17, 15) is 9.18 Å². The van der Waals surface area contributed by atoms with Crippen molar-refractivity contribution in [1.29, 1.82) is 0 Å². The van der Waals surface area contributed by atoms with Gasteiger partial charge in [0.15, 0.2) is 0 Å². The molecule has 0 bridgehead atoms. The number of hydrogen-bond acceptors (Lipinski definition) is 6. The summed E-state index contributed by atoms with van der Waals surface area (Å²) in [6.07, 6.45) is 3.17. The van der Waals surface area contributed by atoms with Crippen LogP contribution in [-0.4, -0.2) is 46.2 Å². The summed E-state index contributed by atoms with van der Waals surface area (Å²) < 4.78 is 18.4. The van der Waals surface area contributed by atoms with Crippen molar-refractivity contribution in [2.45, 2.75) is 6.92 Å². The first-order chi connectivity index (χ1) is 15.5. The number of nitrogens with zero attached hydrogens (tertiary/aromatic N) is 4. The predicted octanol–water partition coefficient (Wildman–Crippen LogP) is 3.97. The average molecular weight is 432 g/mol. The first-order valence-electron chi connectivity index (χ1n) is 9.93. The Bertz CT molecular complexity index is 1260. The minimum atomic E-state index is -0.446. The summed E-state index contributed by atoms with van der Waals surface area (Å²) in [4.78, 5) is 29.5. The van der Waals surface area contributed by atoms with E-state index in [0.29, 0.717) is 24.4 Å². The minimum Gasteiger partial charge on any atom is -0.383 e. The first-order valence-corrected chi connectivity index (χ1v) is 9.93. The van der Waals surface area contributed by atoms with E-state index in [-0.39, 0.29) is 11.8 Å². The zero-order valence-corrected chi connectivity index (χ0v) is 17.6. The maximum Gasteiger partial charge on any atom is 0.321 e. The van der Waals surface area contributed by atoms with E-state index in [2.05, 4.69) is 30.6 Å². The van der Waals surface area contributed by atoms with E-state index in [0.717, 1.165) is 27.7 Å². The van der Waals surface area contributed by atoms with Gasteiger partial charge in [-0.05, 0) is 48.9 Å². The molecule has 0 aliphatic rings. The van der Waals surface area contributed by atoms with Gasteiger partial charge in [-0.15, -0.1) is 0 Å². The second kappa shape index (κ2) is 9.44. The van der Waals surface area contributed by atoms with Crippen molar-refractivity contribution in [1.82, 2.24) is 25.3 Å². The fourth-order valence-electron chi connectivity index (χ4n) is 3.25. The number of ether oxygens (including phenoxy) is 1. The first kappa shape index (κ1) is 21.3. The summed E-state index contributed by atoms with van der Waals surface area (Å²) in [7, 11) is 1.55. The number of aromatic nitrogens is 4. The summed E-state index contributed by atoms with van der Waals surface area (Å²) in [6.45, 7) is 2.66. The third kappa shape index (κ3) is 4.68. The Balaban J connectivity index is 1.75. The SMILES string of the molecule is COCCNC(=O)Nc1ncc(-c2ccc3ncnc(C)c3c2)c(-c2ccc(F)cc2)n1. The van der Waals surface area contributed by atoms with Crippen LogP contribution in [0, 0.1) is 12.7 Å². The number of anilines is 1. The third-order valence-corrected chi connectivity index (χ3v) is 4.87. The fourth-order valence-corrected chi connectivity index (χ4v) is 3.25. The Morgan fingerprint density at radius 2 is 1.84 bits per heavy atom. The standard InChI is InChI=1S/C23H21FN6O2/c1-14-18-11-16(5-8-20(18)28-13-27-14)19-12-26-22(30-23(31)25-9-10-32-2)29-21(19)15-3-6-17(24)7-4-15/h3-8,11-13H,9-10H2,1-2H3,(H2,25,26,29,30,31). The molecule has 2 heterocycles. The second-order valence-electron chi connectivity index (χ2n) is 7.03. The van der Waals surface area contributed by atoms with E-state index in [1.807, 2.05) is 25.1 Å². The Hall–Kier alpha value is -3.98. The molecule has 2 aromatic carbocycles. The maximum absolute atomic E-state index is 13.5. The molecule has 2 N–H and O–H groups in total. The molecular formula is C23H21FN6O2. The Kier molecular flexibility index (Phi) is 6.27. The molecular weight excluding hydrogens is 411 g/mol. The molecule has 0 aliphatic carbocycles. The lowest BCUT2D eigenvalue weighted by Crippen LogP contribution is -2.32. The van der Waals surface area contributed by atoms with Crippen LogP contribution in [0.15, 0.2) is 55.0 Å². The number of urea groups is 1. The molecule has 0 aliphatic heterocycles. The number of rotatable bonds is 6. The zero-order valence-electron chi connectivity index (χ0n) is 17.6. The number of fused-ring (bicyclic) bond motifs is 1. The number of amides is 2. The van der Waals surface area contributed by atoms with Gasteiger partial charge in [-0.25, -0.2) is 29.1 Å². The number of carbonyl (C=O) groups is 1. The van der Waals surface area contributed by atoms with Crippen LogP contribution in [0.1, 0.15) is 5.69 Å². The van der Waals surface area contributed by atoms with Gasteiger partial charge in [-0.1, -0.05) is 6.07 Å². The molecule has 0 radical (unpaired) electrons. The van der Waals surface area contributed by atoms with E-state index >= 15 is 0 Å². The molecule has 4 aromatic rings. The predicted molar refractivity (Wildman–Crippen MR) is 120 cm³/mol. The Morgan fingerprint density at radius 3 is 2.62 bits per heavy atom. The van der Waals surface area contributed by atoms with Gasteiger partial charge in [0.1, 0.15) is 12.1 Å². The zero-order chi connectivity index (χ0) is 22.5. The highest BCUT2D eigenvalue weighted by molar-refractivity contribution is 5.91. The van der Waals surface area contributed by atoms with Crippen molar-refractivity contribution in [2.24, 2.45) is 0 Å². The highest BCUT2D eigenvalue weighted by atomic mass is 19.1. The van der Waals surface area contributed by atoms with Gasteiger partial charge < -0.3 is 10.1 Å². The number of nitrogens with one attached hydrogen (secondary N) is 2. The molecule has 0 fully saturated rings. The van der Waals surface area contributed by atoms with Crippen LogP contribution >= 0.6 is 0 Å². The van der Waals surface area contributed by atoms with Crippen molar-refractivity contribution >= 4 is 22.9 Å². The number of carbonyl (C=O) groups excluding carboxylic acids is 1. The highest BCUT2D eigenvalue weighted by Gasteiger charge is 2.14. The molecule has 0 atom stereocenters. The van der Waals surface area contributed by atoms with Crippen LogP contribution in [-0.2, 0) is 4.74 Å². The van der Waals surface area contributed by atoms with E-state index in [1.165, 1.54) is 18.5 Å². The second-order valence-corrected chi connectivity index (χ2v) is 7.03. The van der Waals surface area contributed by atoms with Crippen LogP contribution in [0.5, 0.6) is 0 Å². The number of hydrogen-bond donors (Lipinski definition) is 2. The van der Waals surface area contributed by atoms with Crippen molar-refractivity contribution in [3.8, 4) is 22.4 Å². The normalized spacial score (nSPS) is 10.8. The van der Waals surface area contributed by atoms with Crippen molar-refractivity contribution in [3.63, 3.8) is 0 Å². The molecule has 32 heavy (non-hydrogen) atoms. The minimum absolute atomic E-state index is 0.128. The molecule has 2 amide bonds. The third-order valence-electron chi connectivity index (χ3n) is 4.87. The summed E-state index contributed by atoms with van der Waals surface area (Å²) in [5, 5.41) is 6.18. The van der Waals surface area contributed by atoms with Gasteiger partial charge in [0, 0.05) is 42.1 Å². The van der Waals surface area contributed by atoms with Gasteiger partial charge >= 0.3 is 6.03 Å². The lowest BCUT2D eigenvalue weighted by atomic mass is 9.99. The molecule has 0 spiro atoms. The summed E-state index contributed by atoms with van der Waals surface area (Å²) >= 11 is 0. The molecule has 0 unspecified atom stereocenters. The van der Waals surface area contributed by atoms with Gasteiger partial charge in [0.25, 0.3) is 0 Å². The molecule has 4 rings (SSSR count). The van der Waals surface area contributed by atoms with Crippen molar-refractivity contribution in [3.05, 3.63) is 66.5 Å². The number of methoxy groups -OCH3 is 1. The largest absolute Gasteiger partial charge is 0.383 e. The van der Waals surface area contributed by atoms with Crippen molar-refractivity contribution < 1.29 is 13.9 Å². The smallest absolute Gasteiger partial charge is 0.321 e. The number of benzene rings is 2. The monoisotopic (exact) mass is 432 g/mol. The highest BCUT2D eigenvalue weighted by Crippen LogP contribution is 2.32. The average Bonchev–Trinajstić information content (AvgIpc) is 2.80. The quantitative estimate of drug-likeness (QED) is 0.447. The molecule has 0 saturated heterocycles. The maximum atomic E-state index is 13.5. The topological polar surface area (TPSA) is 102 Å². The van der Waals surface area contributed by atoms with Crippen LogP contribution in [0.3, 0.4) is 0 Å². The molecule has 9 heteroatoms. The van der Waals surface area contributed by atoms with Crippen LogP contribution in [0.4, 0.5) is 15.1 Å². The fraction of sp³-hybridized carbons (Fsp3) is 0.174. The Labute approximate surface area is 183 Å².